The lowest BCUT2D eigenvalue weighted by Gasteiger charge is -1.92. The first-order valence-electron chi connectivity index (χ1n) is 4.02. The van der Waals surface area contributed by atoms with Gasteiger partial charge in [-0.1, -0.05) is 6.07 Å². The van der Waals surface area contributed by atoms with Crippen LogP contribution < -0.4 is 0 Å². The number of hydrogen-bond donors (Lipinski definition) is 1. The van der Waals surface area contributed by atoms with Crippen molar-refractivity contribution >= 4 is 0 Å². The van der Waals surface area contributed by atoms with Crippen LogP contribution in [0.2, 0.25) is 0 Å². The van der Waals surface area contributed by atoms with Gasteiger partial charge in [-0.05, 0) is 18.2 Å². The molecule has 0 aliphatic heterocycles. The summed E-state index contributed by atoms with van der Waals surface area (Å²) in [5, 5.41) is 5.99. The predicted octanol–water partition coefficient (Wildman–Crippen LogP) is 2.41. The van der Waals surface area contributed by atoms with Gasteiger partial charge in [0, 0.05) is 6.20 Å². The van der Waals surface area contributed by atoms with E-state index >= 15 is 0 Å². The fourth-order valence-electron chi connectivity index (χ4n) is 1.10. The van der Waals surface area contributed by atoms with Crippen molar-refractivity contribution in [3.8, 4) is 11.4 Å². The number of hydrogen-bond acceptors (Lipinski definition) is 2. The van der Waals surface area contributed by atoms with Gasteiger partial charge in [0.25, 0.3) is 6.43 Å². The molecule has 0 fully saturated rings. The molecule has 5 heteroatoms. The van der Waals surface area contributed by atoms with Crippen molar-refractivity contribution in [3.05, 3.63) is 36.2 Å². The molecule has 1 N–H and O–H groups in total. The number of halogens is 2. The molecule has 72 valence electrons. The third kappa shape index (κ3) is 1.61. The highest BCUT2D eigenvalue weighted by Crippen LogP contribution is 2.21. The van der Waals surface area contributed by atoms with E-state index in [4.69, 9.17) is 0 Å². The van der Waals surface area contributed by atoms with E-state index in [2.05, 4.69) is 15.2 Å². The smallest absolute Gasteiger partial charge is 0.276 e. The molecule has 2 aromatic rings. The lowest BCUT2D eigenvalue weighted by molar-refractivity contribution is 0.146. The largest absolute Gasteiger partial charge is 0.282 e. The molecule has 0 aromatic carbocycles. The molecule has 0 saturated heterocycles. The molecule has 14 heavy (non-hydrogen) atoms. The van der Waals surface area contributed by atoms with Crippen molar-refractivity contribution in [1.82, 2.24) is 15.2 Å². The first kappa shape index (κ1) is 8.80. The van der Waals surface area contributed by atoms with Gasteiger partial charge in [-0.3, -0.25) is 10.1 Å². The highest BCUT2D eigenvalue weighted by atomic mass is 19.3. The van der Waals surface area contributed by atoms with Crippen molar-refractivity contribution < 1.29 is 8.78 Å². The monoisotopic (exact) mass is 195 g/mol. The third-order valence-corrected chi connectivity index (χ3v) is 1.76. The van der Waals surface area contributed by atoms with Crippen LogP contribution in [0.5, 0.6) is 0 Å². The van der Waals surface area contributed by atoms with Gasteiger partial charge in [0.2, 0.25) is 0 Å². The van der Waals surface area contributed by atoms with Gasteiger partial charge >= 0.3 is 0 Å². The minimum Gasteiger partial charge on any atom is -0.276 e. The summed E-state index contributed by atoms with van der Waals surface area (Å²) < 4.78 is 24.4. The number of rotatable bonds is 2. The van der Waals surface area contributed by atoms with Crippen LogP contribution in [0.25, 0.3) is 11.4 Å². The van der Waals surface area contributed by atoms with Gasteiger partial charge in [0.05, 0.1) is 11.4 Å². The van der Waals surface area contributed by atoms with Crippen molar-refractivity contribution in [2.45, 2.75) is 6.43 Å². The second-order valence-corrected chi connectivity index (χ2v) is 2.72. The van der Waals surface area contributed by atoms with Crippen LogP contribution in [-0.2, 0) is 0 Å². The summed E-state index contributed by atoms with van der Waals surface area (Å²) in [4.78, 5) is 4.01. The molecule has 0 radical (unpaired) electrons. The second-order valence-electron chi connectivity index (χ2n) is 2.72. The number of aromatic amines is 1. The van der Waals surface area contributed by atoms with E-state index in [1.165, 1.54) is 6.07 Å². The molecule has 2 rings (SSSR count). The minimum atomic E-state index is -2.55. The lowest BCUT2D eigenvalue weighted by Crippen LogP contribution is -1.81. The van der Waals surface area contributed by atoms with E-state index in [1.54, 1.807) is 24.4 Å². The Hall–Kier alpha value is -1.78. The molecule has 2 aromatic heterocycles. The molecule has 0 saturated carbocycles. The van der Waals surface area contributed by atoms with Gasteiger partial charge in [-0.25, -0.2) is 8.78 Å². The molecule has 3 nitrogen and oxygen atoms in total. The van der Waals surface area contributed by atoms with Crippen LogP contribution in [0.1, 0.15) is 12.1 Å². The SMILES string of the molecule is FC(F)c1cc(-c2ccccn2)[nH]n1. The zero-order valence-electron chi connectivity index (χ0n) is 7.11. The first-order valence-corrected chi connectivity index (χ1v) is 4.02. The van der Waals surface area contributed by atoms with Gasteiger partial charge in [-0.15, -0.1) is 0 Å². The molecule has 0 bridgehead atoms. The number of H-pyrrole nitrogens is 1. The number of nitrogens with zero attached hydrogens (tertiary/aromatic N) is 2. The maximum atomic E-state index is 12.2. The van der Waals surface area contributed by atoms with Crippen molar-refractivity contribution in [3.63, 3.8) is 0 Å². The number of nitrogens with one attached hydrogen (secondary N) is 1. The van der Waals surface area contributed by atoms with E-state index < -0.39 is 6.43 Å². The van der Waals surface area contributed by atoms with Crippen molar-refractivity contribution in [2.75, 3.05) is 0 Å². The summed E-state index contributed by atoms with van der Waals surface area (Å²) >= 11 is 0. The number of alkyl halides is 2. The third-order valence-electron chi connectivity index (χ3n) is 1.76. The molecule has 2 heterocycles. The summed E-state index contributed by atoms with van der Waals surface area (Å²) in [5.74, 6) is 0. The Morgan fingerprint density at radius 1 is 1.29 bits per heavy atom. The Morgan fingerprint density at radius 2 is 2.14 bits per heavy atom. The Bertz CT molecular complexity index is 411. The van der Waals surface area contributed by atoms with Crippen LogP contribution in [0.15, 0.2) is 30.5 Å². The summed E-state index contributed by atoms with van der Waals surface area (Å²) in [6.45, 7) is 0. The topological polar surface area (TPSA) is 41.6 Å². The van der Waals surface area contributed by atoms with E-state index in [-0.39, 0.29) is 5.69 Å². The lowest BCUT2D eigenvalue weighted by atomic mass is 10.2. The Kier molecular flexibility index (Phi) is 2.22. The van der Waals surface area contributed by atoms with Gasteiger partial charge in [0.1, 0.15) is 5.69 Å². The summed E-state index contributed by atoms with van der Waals surface area (Å²) in [6, 6.07) is 6.56. The van der Waals surface area contributed by atoms with Gasteiger partial charge in [0.15, 0.2) is 0 Å². The zero-order chi connectivity index (χ0) is 9.97. The van der Waals surface area contributed by atoms with Crippen molar-refractivity contribution in [1.29, 1.82) is 0 Å². The van der Waals surface area contributed by atoms with Crippen LogP contribution in [-0.4, -0.2) is 15.2 Å². The zero-order valence-corrected chi connectivity index (χ0v) is 7.11. The minimum absolute atomic E-state index is 0.259. The molecule has 0 amide bonds. The molecule has 0 unspecified atom stereocenters. The summed E-state index contributed by atoms with van der Waals surface area (Å²) in [5.41, 5.74) is 0.846. The molecular formula is C9H7F2N3. The molecule has 0 aliphatic rings. The maximum absolute atomic E-state index is 12.2. The van der Waals surface area contributed by atoms with E-state index in [0.717, 1.165) is 0 Å². The fraction of sp³-hybridized carbons (Fsp3) is 0.111. The van der Waals surface area contributed by atoms with Gasteiger partial charge < -0.3 is 0 Å². The normalized spacial score (nSPS) is 10.8. The van der Waals surface area contributed by atoms with Crippen LogP contribution in [0.4, 0.5) is 8.78 Å². The van der Waals surface area contributed by atoms with E-state index in [9.17, 15) is 8.78 Å². The first-order chi connectivity index (χ1) is 6.77. The predicted molar refractivity (Wildman–Crippen MR) is 46.8 cm³/mol. The van der Waals surface area contributed by atoms with E-state index in [1.807, 2.05) is 0 Å². The number of aromatic nitrogens is 3. The molecule has 0 aliphatic carbocycles. The Labute approximate surface area is 78.8 Å². The highest BCUT2D eigenvalue weighted by molar-refractivity contribution is 5.53. The standard InChI is InChI=1S/C9H7F2N3/c10-9(11)8-5-7(13-14-8)6-3-1-2-4-12-6/h1-5,9H,(H,13,14). The molecule has 0 atom stereocenters. The Morgan fingerprint density at radius 3 is 2.71 bits per heavy atom. The number of pyridine rings is 1. The fourth-order valence-corrected chi connectivity index (χ4v) is 1.10. The van der Waals surface area contributed by atoms with Crippen LogP contribution in [0.3, 0.4) is 0 Å². The Balaban J connectivity index is 2.34. The molecular weight excluding hydrogens is 188 g/mol. The average Bonchev–Trinajstić information content (AvgIpc) is 2.68. The van der Waals surface area contributed by atoms with Crippen LogP contribution in [0, 0.1) is 0 Å². The summed E-state index contributed by atoms with van der Waals surface area (Å²) in [6.07, 6.45) is -0.957. The highest BCUT2D eigenvalue weighted by Gasteiger charge is 2.12. The maximum Gasteiger partial charge on any atom is 0.282 e. The van der Waals surface area contributed by atoms with Gasteiger partial charge in [-0.2, -0.15) is 5.10 Å². The van der Waals surface area contributed by atoms with E-state index in [0.29, 0.717) is 11.4 Å². The average molecular weight is 195 g/mol. The second kappa shape index (κ2) is 3.53. The summed E-state index contributed by atoms with van der Waals surface area (Å²) in [7, 11) is 0. The molecule has 0 spiro atoms. The van der Waals surface area contributed by atoms with Crippen molar-refractivity contribution in [2.24, 2.45) is 0 Å². The van der Waals surface area contributed by atoms with Crippen LogP contribution >= 0.6 is 0 Å². The quantitative estimate of drug-likeness (QED) is 0.799.